The Bertz CT molecular complexity index is 898. The number of nitrogens with one attached hydrogen (secondary N) is 1. The number of carboxylic acids is 1. The molecule has 2 aromatic heterocycles. The Morgan fingerprint density at radius 1 is 1.38 bits per heavy atom. The van der Waals surface area contributed by atoms with Crippen molar-refractivity contribution in [3.63, 3.8) is 0 Å². The lowest BCUT2D eigenvalue weighted by Gasteiger charge is -2.23. The molecule has 0 saturated heterocycles. The van der Waals surface area contributed by atoms with Crippen LogP contribution in [0, 0.1) is 5.92 Å². The average Bonchev–Trinajstić information content (AvgIpc) is 3.21. The Balaban J connectivity index is 0.000000370. The number of aliphatic carboxylic acids is 1. The van der Waals surface area contributed by atoms with E-state index in [0.717, 1.165) is 26.2 Å². The van der Waals surface area contributed by atoms with Gasteiger partial charge >= 0.3 is 12.1 Å². The largest absolute Gasteiger partial charge is 0.490 e. The summed E-state index contributed by atoms with van der Waals surface area (Å²) in [6, 6.07) is 4.17. The highest BCUT2D eigenvalue weighted by Gasteiger charge is 2.38. The number of nitrogens with zero attached hydrogens (tertiary/aromatic N) is 3. The standard InChI is InChI=1S/C14H20N4O2S2.C2HF3O2/c1-22(19,20)16-6-13-8-17(7-12-3-5-21-11-12)10-14-2-4-15-18(14)9-13;3-2(4,5)1(6)7/h2-5,11,13,16H,6-10H2,1H3;(H,6,7). The molecule has 1 unspecified atom stereocenters. The molecule has 0 aliphatic carbocycles. The second kappa shape index (κ2) is 9.69. The van der Waals surface area contributed by atoms with Crippen molar-refractivity contribution in [2.75, 3.05) is 19.3 Å². The highest BCUT2D eigenvalue weighted by Crippen LogP contribution is 2.19. The summed E-state index contributed by atoms with van der Waals surface area (Å²) < 4.78 is 59.0. The Labute approximate surface area is 170 Å². The summed E-state index contributed by atoms with van der Waals surface area (Å²) in [4.78, 5) is 11.3. The summed E-state index contributed by atoms with van der Waals surface area (Å²) in [6.45, 7) is 3.75. The fraction of sp³-hybridized carbons (Fsp3) is 0.500. The maximum Gasteiger partial charge on any atom is 0.490 e. The number of hydrogen-bond acceptors (Lipinski definition) is 6. The molecule has 2 aromatic rings. The van der Waals surface area contributed by atoms with Gasteiger partial charge < -0.3 is 5.11 Å². The van der Waals surface area contributed by atoms with Crippen LogP contribution in [0.3, 0.4) is 0 Å². The minimum Gasteiger partial charge on any atom is -0.475 e. The first-order valence-electron chi connectivity index (χ1n) is 8.43. The summed E-state index contributed by atoms with van der Waals surface area (Å²) in [5, 5.41) is 15.7. The molecule has 1 aliphatic rings. The Morgan fingerprint density at radius 2 is 2.07 bits per heavy atom. The summed E-state index contributed by atoms with van der Waals surface area (Å²) in [7, 11) is -3.16. The van der Waals surface area contributed by atoms with Crippen molar-refractivity contribution in [1.29, 1.82) is 0 Å². The molecule has 0 amide bonds. The zero-order valence-electron chi connectivity index (χ0n) is 15.5. The summed E-state index contributed by atoms with van der Waals surface area (Å²) >= 11 is 1.70. The summed E-state index contributed by atoms with van der Waals surface area (Å²) in [5.74, 6) is -2.55. The van der Waals surface area contributed by atoms with Crippen LogP contribution in [-0.4, -0.2) is 59.7 Å². The van der Waals surface area contributed by atoms with Gasteiger partial charge in [0.25, 0.3) is 0 Å². The van der Waals surface area contributed by atoms with Crippen molar-refractivity contribution in [2.45, 2.75) is 25.8 Å². The maximum absolute atomic E-state index is 11.3. The number of sulfonamides is 1. The van der Waals surface area contributed by atoms with Gasteiger partial charge in [0.05, 0.1) is 11.9 Å². The van der Waals surface area contributed by atoms with E-state index >= 15 is 0 Å². The first kappa shape index (κ1) is 23.3. The first-order valence-corrected chi connectivity index (χ1v) is 11.3. The van der Waals surface area contributed by atoms with Gasteiger partial charge in [0.15, 0.2) is 0 Å². The fourth-order valence-corrected chi connectivity index (χ4v) is 3.98. The van der Waals surface area contributed by atoms with Crippen molar-refractivity contribution in [2.24, 2.45) is 5.92 Å². The van der Waals surface area contributed by atoms with Gasteiger partial charge in [-0.3, -0.25) is 9.58 Å². The number of rotatable bonds is 5. The van der Waals surface area contributed by atoms with Gasteiger partial charge in [0.1, 0.15) is 0 Å². The van der Waals surface area contributed by atoms with E-state index in [9.17, 15) is 21.6 Å². The normalized spacial score (nSPS) is 17.7. The molecular formula is C16H21F3N4O4S2. The quantitative estimate of drug-likeness (QED) is 0.714. The van der Waals surface area contributed by atoms with Crippen LogP contribution in [-0.2, 0) is 34.5 Å². The summed E-state index contributed by atoms with van der Waals surface area (Å²) in [5.41, 5.74) is 2.48. The van der Waals surface area contributed by atoms with Crippen LogP contribution in [0.4, 0.5) is 13.2 Å². The molecule has 1 aliphatic heterocycles. The van der Waals surface area contributed by atoms with E-state index in [-0.39, 0.29) is 5.92 Å². The number of carbonyl (C=O) groups is 1. The van der Waals surface area contributed by atoms with E-state index in [1.165, 1.54) is 17.5 Å². The molecule has 0 fully saturated rings. The average molecular weight is 454 g/mol. The molecular weight excluding hydrogens is 433 g/mol. The van der Waals surface area contributed by atoms with Crippen LogP contribution in [0.25, 0.3) is 0 Å². The molecule has 1 atom stereocenters. The second-order valence-electron chi connectivity index (χ2n) is 6.60. The lowest BCUT2D eigenvalue weighted by atomic mass is 10.1. The molecule has 0 bridgehead atoms. The topological polar surface area (TPSA) is 105 Å². The lowest BCUT2D eigenvalue weighted by Crippen LogP contribution is -2.36. The predicted octanol–water partition coefficient (Wildman–Crippen LogP) is 1.76. The number of alkyl halides is 3. The second-order valence-corrected chi connectivity index (χ2v) is 9.21. The molecule has 13 heteroatoms. The van der Waals surface area contributed by atoms with Gasteiger partial charge in [-0.2, -0.15) is 29.6 Å². The Hall–Kier alpha value is -1.96. The van der Waals surface area contributed by atoms with E-state index in [4.69, 9.17) is 9.90 Å². The van der Waals surface area contributed by atoms with Crippen LogP contribution in [0.5, 0.6) is 0 Å². The molecule has 0 aromatic carbocycles. The molecule has 162 valence electrons. The molecule has 0 radical (unpaired) electrons. The van der Waals surface area contributed by atoms with Crippen LogP contribution >= 0.6 is 11.3 Å². The fourth-order valence-electron chi connectivity index (χ4n) is 2.78. The van der Waals surface area contributed by atoms with Crippen molar-refractivity contribution in [1.82, 2.24) is 19.4 Å². The van der Waals surface area contributed by atoms with Crippen LogP contribution in [0.1, 0.15) is 11.3 Å². The van der Waals surface area contributed by atoms with E-state index in [2.05, 4.69) is 31.5 Å². The van der Waals surface area contributed by atoms with Crippen molar-refractivity contribution < 1.29 is 31.5 Å². The zero-order chi connectivity index (χ0) is 21.7. The maximum atomic E-state index is 11.3. The number of halogens is 3. The smallest absolute Gasteiger partial charge is 0.475 e. The van der Waals surface area contributed by atoms with E-state index < -0.39 is 22.2 Å². The number of fused-ring (bicyclic) bond motifs is 1. The third kappa shape index (κ3) is 8.12. The van der Waals surface area contributed by atoms with Gasteiger partial charge in [-0.05, 0) is 28.5 Å². The molecule has 8 nitrogen and oxygen atoms in total. The van der Waals surface area contributed by atoms with Gasteiger partial charge in [0.2, 0.25) is 10.0 Å². The molecule has 29 heavy (non-hydrogen) atoms. The van der Waals surface area contributed by atoms with Gasteiger partial charge in [-0.15, -0.1) is 0 Å². The van der Waals surface area contributed by atoms with Gasteiger partial charge in [-0.1, -0.05) is 0 Å². The number of carboxylic acid groups (broad SMARTS) is 1. The number of hydrogen-bond donors (Lipinski definition) is 2. The minimum atomic E-state index is -5.08. The Kier molecular flexibility index (Phi) is 7.80. The van der Waals surface area contributed by atoms with E-state index in [1.807, 2.05) is 16.9 Å². The third-order valence-electron chi connectivity index (χ3n) is 4.00. The van der Waals surface area contributed by atoms with E-state index in [0.29, 0.717) is 6.54 Å². The van der Waals surface area contributed by atoms with Gasteiger partial charge in [0, 0.05) is 44.8 Å². The molecule has 0 spiro atoms. The highest BCUT2D eigenvalue weighted by molar-refractivity contribution is 7.88. The lowest BCUT2D eigenvalue weighted by molar-refractivity contribution is -0.192. The van der Waals surface area contributed by atoms with Crippen LogP contribution < -0.4 is 4.72 Å². The van der Waals surface area contributed by atoms with Crippen LogP contribution in [0.2, 0.25) is 0 Å². The summed E-state index contributed by atoms with van der Waals surface area (Å²) in [6.07, 6.45) is -2.07. The Morgan fingerprint density at radius 3 is 2.62 bits per heavy atom. The monoisotopic (exact) mass is 454 g/mol. The van der Waals surface area contributed by atoms with Gasteiger partial charge in [-0.25, -0.2) is 17.9 Å². The molecule has 3 rings (SSSR count). The van der Waals surface area contributed by atoms with E-state index in [1.54, 1.807) is 11.3 Å². The minimum absolute atomic E-state index is 0.203. The molecule has 3 heterocycles. The van der Waals surface area contributed by atoms with Crippen LogP contribution in [0.15, 0.2) is 29.1 Å². The SMILES string of the molecule is CS(=O)(=O)NCC1CN(Cc2ccsc2)Cc2ccnn2C1.O=C(O)C(F)(F)F. The molecule has 2 N–H and O–H groups in total. The molecule has 0 saturated carbocycles. The van der Waals surface area contributed by atoms with Crippen molar-refractivity contribution in [3.8, 4) is 0 Å². The number of aromatic nitrogens is 2. The first-order chi connectivity index (χ1) is 13.4. The van der Waals surface area contributed by atoms with Crippen molar-refractivity contribution >= 4 is 27.3 Å². The van der Waals surface area contributed by atoms with Crippen molar-refractivity contribution in [3.05, 3.63) is 40.3 Å². The zero-order valence-corrected chi connectivity index (χ0v) is 17.1. The third-order valence-corrected chi connectivity index (χ3v) is 5.42. The predicted molar refractivity (Wildman–Crippen MR) is 101 cm³/mol. The highest BCUT2D eigenvalue weighted by atomic mass is 32.2. The number of thiophene rings is 1.